The first-order valence-electron chi connectivity index (χ1n) is 10.8. The molecule has 2 aliphatic rings. The van der Waals surface area contributed by atoms with Gasteiger partial charge in [-0.2, -0.15) is 0 Å². The Morgan fingerprint density at radius 3 is 2.70 bits per heavy atom. The zero-order valence-electron chi connectivity index (χ0n) is 17.6. The predicted molar refractivity (Wildman–Crippen MR) is 115 cm³/mol. The number of aryl methyl sites for hydroxylation is 1. The first kappa shape index (κ1) is 20.5. The van der Waals surface area contributed by atoms with Crippen molar-refractivity contribution in [1.82, 2.24) is 9.88 Å². The molecule has 0 aliphatic carbocycles. The van der Waals surface area contributed by atoms with E-state index in [1.807, 2.05) is 35.2 Å². The van der Waals surface area contributed by atoms with E-state index in [1.165, 1.54) is 5.56 Å². The second kappa shape index (κ2) is 8.56. The lowest BCUT2D eigenvalue weighted by atomic mass is 9.80. The number of ether oxygens (including phenoxy) is 1. The molecule has 0 bridgehead atoms. The van der Waals surface area contributed by atoms with Crippen LogP contribution in [0.2, 0.25) is 0 Å². The van der Waals surface area contributed by atoms with Gasteiger partial charge in [0.1, 0.15) is 6.10 Å². The number of hydrogen-bond acceptors (Lipinski definition) is 4. The van der Waals surface area contributed by atoms with Crippen molar-refractivity contribution in [2.45, 2.75) is 51.2 Å². The Morgan fingerprint density at radius 1 is 1.23 bits per heavy atom. The minimum absolute atomic E-state index is 0.0724. The maximum absolute atomic E-state index is 12.9. The van der Waals surface area contributed by atoms with Crippen LogP contribution in [0.5, 0.6) is 0 Å². The number of carbonyl (C=O) groups excluding carboxylic acids is 2. The second-order valence-electron chi connectivity index (χ2n) is 8.39. The summed E-state index contributed by atoms with van der Waals surface area (Å²) in [5.74, 6) is 0.117. The van der Waals surface area contributed by atoms with E-state index in [2.05, 4.69) is 24.1 Å². The molecular formula is C24H29N3O3. The molecule has 0 radical (unpaired) electrons. The highest BCUT2D eigenvalue weighted by Gasteiger charge is 2.49. The van der Waals surface area contributed by atoms with Crippen LogP contribution in [-0.4, -0.2) is 46.5 Å². The smallest absolute Gasteiger partial charge is 0.253 e. The van der Waals surface area contributed by atoms with Crippen LogP contribution < -0.4 is 5.32 Å². The normalized spacial score (nSPS) is 26.0. The van der Waals surface area contributed by atoms with E-state index in [-0.39, 0.29) is 23.3 Å². The van der Waals surface area contributed by atoms with Crippen LogP contribution in [0.15, 0.2) is 48.8 Å². The number of aromatic nitrogens is 1. The maximum Gasteiger partial charge on any atom is 0.253 e. The monoisotopic (exact) mass is 407 g/mol. The molecule has 0 saturated carbocycles. The largest absolute Gasteiger partial charge is 0.362 e. The number of benzene rings is 1. The van der Waals surface area contributed by atoms with Crippen molar-refractivity contribution in [2.75, 3.05) is 18.4 Å². The number of carbonyl (C=O) groups is 2. The first-order chi connectivity index (χ1) is 14.5. The number of nitrogens with one attached hydrogen (secondary N) is 1. The lowest BCUT2D eigenvalue weighted by Crippen LogP contribution is -2.52. The summed E-state index contributed by atoms with van der Waals surface area (Å²) >= 11 is 0. The molecule has 2 aromatic rings. The van der Waals surface area contributed by atoms with Gasteiger partial charge in [-0.05, 0) is 55.5 Å². The van der Waals surface area contributed by atoms with Gasteiger partial charge >= 0.3 is 0 Å². The summed E-state index contributed by atoms with van der Waals surface area (Å²) in [4.78, 5) is 31.5. The summed E-state index contributed by atoms with van der Waals surface area (Å²) in [6, 6.07) is 11.5. The average Bonchev–Trinajstić information content (AvgIpc) is 3.21. The molecular weight excluding hydrogens is 378 g/mol. The number of hydrogen-bond donors (Lipinski definition) is 1. The molecule has 3 heterocycles. The molecule has 2 amide bonds. The van der Waals surface area contributed by atoms with Crippen molar-refractivity contribution in [2.24, 2.45) is 5.92 Å². The van der Waals surface area contributed by atoms with Crippen molar-refractivity contribution in [3.63, 3.8) is 0 Å². The number of amides is 2. The van der Waals surface area contributed by atoms with E-state index in [0.29, 0.717) is 25.2 Å². The lowest BCUT2D eigenvalue weighted by Gasteiger charge is -2.44. The van der Waals surface area contributed by atoms with Crippen LogP contribution in [0.1, 0.15) is 49.0 Å². The van der Waals surface area contributed by atoms with Gasteiger partial charge in [0.2, 0.25) is 0 Å². The molecule has 158 valence electrons. The molecule has 1 unspecified atom stereocenters. The van der Waals surface area contributed by atoms with Gasteiger partial charge in [-0.15, -0.1) is 0 Å². The fourth-order valence-electron chi connectivity index (χ4n) is 4.58. The highest BCUT2D eigenvalue weighted by Crippen LogP contribution is 2.42. The Labute approximate surface area is 177 Å². The SMILES string of the molecule is CCc1ccc(C(=O)N2CC[C@@]3(CCC(C(=O)Nc4cccnc4)O3)[C@H](C)C2)cc1. The number of rotatable bonds is 4. The summed E-state index contributed by atoms with van der Waals surface area (Å²) in [6.07, 6.45) is 6.09. The molecule has 1 N–H and O–H groups in total. The highest BCUT2D eigenvalue weighted by molar-refractivity contribution is 5.95. The second-order valence-corrected chi connectivity index (χ2v) is 8.39. The predicted octanol–water partition coefficient (Wildman–Crippen LogP) is 3.68. The fourth-order valence-corrected chi connectivity index (χ4v) is 4.58. The van der Waals surface area contributed by atoms with Crippen LogP contribution in [0.4, 0.5) is 5.69 Å². The number of likely N-dealkylation sites (tertiary alicyclic amines) is 1. The molecule has 2 fully saturated rings. The Hall–Kier alpha value is -2.73. The Morgan fingerprint density at radius 2 is 2.03 bits per heavy atom. The van der Waals surface area contributed by atoms with Gasteiger partial charge in [0.25, 0.3) is 11.8 Å². The molecule has 6 nitrogen and oxygen atoms in total. The number of piperidine rings is 1. The standard InChI is InChI=1S/C24H29N3O3/c1-3-18-6-8-19(9-7-18)23(29)27-14-12-24(17(2)16-27)11-10-21(30-24)22(28)26-20-5-4-13-25-15-20/h4-9,13,15,17,21H,3,10-12,14,16H2,1-2H3,(H,26,28)/t17-,21?,24+/m1/s1. The quantitative estimate of drug-likeness (QED) is 0.839. The van der Waals surface area contributed by atoms with Gasteiger partial charge in [-0.3, -0.25) is 14.6 Å². The Kier molecular flexibility index (Phi) is 5.86. The van der Waals surface area contributed by atoms with E-state index in [9.17, 15) is 9.59 Å². The van der Waals surface area contributed by atoms with Crippen LogP contribution in [-0.2, 0) is 16.0 Å². The average molecular weight is 408 g/mol. The number of anilines is 1. The van der Waals surface area contributed by atoms with E-state index in [4.69, 9.17) is 4.74 Å². The van der Waals surface area contributed by atoms with Crippen LogP contribution in [0.25, 0.3) is 0 Å². The first-order valence-corrected chi connectivity index (χ1v) is 10.8. The molecule has 4 rings (SSSR count). The van der Waals surface area contributed by atoms with Gasteiger partial charge in [0.05, 0.1) is 17.5 Å². The lowest BCUT2D eigenvalue weighted by molar-refractivity contribution is -0.141. The molecule has 30 heavy (non-hydrogen) atoms. The summed E-state index contributed by atoms with van der Waals surface area (Å²) in [5.41, 5.74) is 2.30. The van der Waals surface area contributed by atoms with Crippen molar-refractivity contribution < 1.29 is 14.3 Å². The summed E-state index contributed by atoms with van der Waals surface area (Å²) in [5, 5.41) is 2.89. The molecule has 1 aromatic heterocycles. The summed E-state index contributed by atoms with van der Waals surface area (Å²) in [7, 11) is 0. The Bertz CT molecular complexity index is 900. The minimum atomic E-state index is -0.462. The van der Waals surface area contributed by atoms with E-state index < -0.39 is 6.10 Å². The van der Waals surface area contributed by atoms with Gasteiger partial charge in [-0.25, -0.2) is 0 Å². The molecule has 2 aliphatic heterocycles. The van der Waals surface area contributed by atoms with Crippen LogP contribution >= 0.6 is 0 Å². The van der Waals surface area contributed by atoms with E-state index in [1.54, 1.807) is 18.5 Å². The zero-order chi connectivity index (χ0) is 21.1. The van der Waals surface area contributed by atoms with Gasteiger partial charge in [0.15, 0.2) is 0 Å². The molecule has 1 aromatic carbocycles. The van der Waals surface area contributed by atoms with Crippen LogP contribution in [0.3, 0.4) is 0 Å². The fraction of sp³-hybridized carbons (Fsp3) is 0.458. The van der Waals surface area contributed by atoms with E-state index in [0.717, 1.165) is 24.8 Å². The molecule has 6 heteroatoms. The summed E-state index contributed by atoms with van der Waals surface area (Å²) < 4.78 is 6.33. The molecule has 1 spiro atoms. The molecule has 3 atom stereocenters. The van der Waals surface area contributed by atoms with Crippen molar-refractivity contribution in [3.8, 4) is 0 Å². The Balaban J connectivity index is 1.37. The van der Waals surface area contributed by atoms with Gasteiger partial charge < -0.3 is 15.0 Å². The van der Waals surface area contributed by atoms with Crippen molar-refractivity contribution >= 4 is 17.5 Å². The molecule has 2 saturated heterocycles. The van der Waals surface area contributed by atoms with Gasteiger partial charge in [-0.1, -0.05) is 26.0 Å². The van der Waals surface area contributed by atoms with E-state index >= 15 is 0 Å². The van der Waals surface area contributed by atoms with Crippen LogP contribution in [0, 0.1) is 5.92 Å². The van der Waals surface area contributed by atoms with Gasteiger partial charge in [0, 0.05) is 30.8 Å². The van der Waals surface area contributed by atoms with Crippen molar-refractivity contribution in [3.05, 3.63) is 59.9 Å². The minimum Gasteiger partial charge on any atom is -0.362 e. The topological polar surface area (TPSA) is 71.5 Å². The summed E-state index contributed by atoms with van der Waals surface area (Å²) in [6.45, 7) is 5.52. The third-order valence-corrected chi connectivity index (χ3v) is 6.52. The highest BCUT2D eigenvalue weighted by atomic mass is 16.5. The third kappa shape index (κ3) is 4.10. The third-order valence-electron chi connectivity index (χ3n) is 6.52. The number of nitrogens with zero attached hydrogens (tertiary/aromatic N) is 2. The van der Waals surface area contributed by atoms with Crippen molar-refractivity contribution in [1.29, 1.82) is 0 Å². The number of pyridine rings is 1. The maximum atomic E-state index is 12.9. The zero-order valence-corrected chi connectivity index (χ0v) is 17.6.